The van der Waals surface area contributed by atoms with Gasteiger partial charge in [0.1, 0.15) is 5.82 Å². The number of nitrogens with one attached hydrogen (secondary N) is 1. The van der Waals surface area contributed by atoms with Crippen molar-refractivity contribution in [2.45, 2.75) is 64.0 Å². The van der Waals surface area contributed by atoms with Crippen molar-refractivity contribution in [2.24, 2.45) is 0 Å². The summed E-state index contributed by atoms with van der Waals surface area (Å²) in [5, 5.41) is 11.8. The van der Waals surface area contributed by atoms with Crippen LogP contribution in [-0.4, -0.2) is 33.9 Å². The van der Waals surface area contributed by atoms with Crippen LogP contribution in [0.2, 0.25) is 0 Å². The second-order valence-electron chi connectivity index (χ2n) is 8.83. The Morgan fingerprint density at radius 2 is 1.88 bits per heavy atom. The molecule has 0 bridgehead atoms. The molecule has 172 valence electrons. The van der Waals surface area contributed by atoms with Crippen molar-refractivity contribution in [1.29, 1.82) is 0 Å². The molecule has 1 aliphatic heterocycles. The Morgan fingerprint density at radius 1 is 1.00 bits per heavy atom. The lowest BCUT2D eigenvalue weighted by Gasteiger charge is -2.16. The van der Waals surface area contributed by atoms with E-state index < -0.39 is 0 Å². The van der Waals surface area contributed by atoms with Crippen LogP contribution in [0.5, 0.6) is 11.5 Å². The van der Waals surface area contributed by atoms with Gasteiger partial charge in [0.05, 0.1) is 13.2 Å². The van der Waals surface area contributed by atoms with E-state index in [2.05, 4.69) is 20.1 Å². The smallest absolute Gasteiger partial charge is 0.255 e. The summed E-state index contributed by atoms with van der Waals surface area (Å²) < 4.78 is 13.8. The molecule has 2 heterocycles. The van der Waals surface area contributed by atoms with Crippen molar-refractivity contribution in [3.8, 4) is 22.9 Å². The standard InChI is InChI=1S/C26H30N4O3/c1-32-23-17-19(13-14-22(23)33-21-10-4-5-11-21)26(31)27-20-9-7-8-18(16-20)25-29-28-24-12-3-2-6-15-30(24)25/h7-9,13-14,16-17,21H,2-6,10-12,15H2,1H3,(H,27,31). The summed E-state index contributed by atoms with van der Waals surface area (Å²) in [6.45, 7) is 0.934. The first kappa shape index (κ1) is 21.5. The van der Waals surface area contributed by atoms with Crippen LogP contribution < -0.4 is 14.8 Å². The average molecular weight is 447 g/mol. The van der Waals surface area contributed by atoms with E-state index in [4.69, 9.17) is 9.47 Å². The second kappa shape index (κ2) is 9.65. The van der Waals surface area contributed by atoms with Gasteiger partial charge in [0.25, 0.3) is 5.91 Å². The summed E-state index contributed by atoms with van der Waals surface area (Å²) in [6, 6.07) is 13.1. The molecular formula is C26H30N4O3. The highest BCUT2D eigenvalue weighted by Gasteiger charge is 2.20. The molecule has 1 aliphatic carbocycles. The Hall–Kier alpha value is -3.35. The van der Waals surface area contributed by atoms with Crippen LogP contribution in [0.3, 0.4) is 0 Å². The molecular weight excluding hydrogens is 416 g/mol. The van der Waals surface area contributed by atoms with Gasteiger partial charge < -0.3 is 19.4 Å². The van der Waals surface area contributed by atoms with Crippen molar-refractivity contribution in [3.63, 3.8) is 0 Å². The zero-order chi connectivity index (χ0) is 22.6. The molecule has 7 heteroatoms. The largest absolute Gasteiger partial charge is 0.493 e. The number of fused-ring (bicyclic) bond motifs is 1. The summed E-state index contributed by atoms with van der Waals surface area (Å²) >= 11 is 0. The van der Waals surface area contributed by atoms with Gasteiger partial charge in [-0.3, -0.25) is 4.79 Å². The van der Waals surface area contributed by atoms with Crippen molar-refractivity contribution in [1.82, 2.24) is 14.8 Å². The van der Waals surface area contributed by atoms with Gasteiger partial charge in [-0.15, -0.1) is 10.2 Å². The number of rotatable bonds is 6. The van der Waals surface area contributed by atoms with Gasteiger partial charge >= 0.3 is 0 Å². The number of carbonyl (C=O) groups is 1. The molecule has 0 unspecified atom stereocenters. The van der Waals surface area contributed by atoms with Crippen LogP contribution in [-0.2, 0) is 13.0 Å². The molecule has 3 aromatic rings. The zero-order valence-corrected chi connectivity index (χ0v) is 19.0. The molecule has 0 spiro atoms. The fraction of sp³-hybridized carbons (Fsp3) is 0.423. The van der Waals surface area contributed by atoms with E-state index in [0.29, 0.717) is 22.7 Å². The van der Waals surface area contributed by atoms with E-state index in [-0.39, 0.29) is 12.0 Å². The van der Waals surface area contributed by atoms with E-state index in [9.17, 15) is 4.79 Å². The third-order valence-corrected chi connectivity index (χ3v) is 6.51. The minimum Gasteiger partial charge on any atom is -0.493 e. The van der Waals surface area contributed by atoms with Crippen LogP contribution in [0.25, 0.3) is 11.4 Å². The van der Waals surface area contributed by atoms with Crippen molar-refractivity contribution >= 4 is 11.6 Å². The Labute approximate surface area is 194 Å². The minimum atomic E-state index is -0.196. The predicted octanol–water partition coefficient (Wildman–Crippen LogP) is 5.25. The van der Waals surface area contributed by atoms with E-state index >= 15 is 0 Å². The van der Waals surface area contributed by atoms with Gasteiger partial charge in [0, 0.05) is 29.8 Å². The Balaban J connectivity index is 1.33. The lowest BCUT2D eigenvalue weighted by atomic mass is 10.1. The molecule has 1 N–H and O–H groups in total. The molecule has 2 aliphatic rings. The zero-order valence-electron chi connectivity index (χ0n) is 19.0. The third kappa shape index (κ3) is 4.72. The van der Waals surface area contributed by atoms with Gasteiger partial charge in [0.2, 0.25) is 0 Å². The summed E-state index contributed by atoms with van der Waals surface area (Å²) in [6.07, 6.45) is 9.23. The van der Waals surface area contributed by atoms with Crippen molar-refractivity contribution in [3.05, 3.63) is 53.9 Å². The molecule has 0 atom stereocenters. The summed E-state index contributed by atoms with van der Waals surface area (Å²) in [4.78, 5) is 13.0. The van der Waals surface area contributed by atoms with E-state index in [1.807, 2.05) is 30.3 Å². The molecule has 1 amide bonds. The quantitative estimate of drug-likeness (QED) is 0.559. The number of nitrogens with zero attached hydrogens (tertiary/aromatic N) is 3. The number of hydrogen-bond acceptors (Lipinski definition) is 5. The predicted molar refractivity (Wildman–Crippen MR) is 127 cm³/mol. The summed E-state index contributed by atoms with van der Waals surface area (Å²) in [5.41, 5.74) is 2.19. The summed E-state index contributed by atoms with van der Waals surface area (Å²) in [5.74, 6) is 2.98. The SMILES string of the molecule is COc1cc(C(=O)Nc2cccc(-c3nnc4n3CCCCC4)c2)ccc1OC1CCCC1. The number of methoxy groups -OCH3 is 1. The molecule has 1 aromatic heterocycles. The van der Waals surface area contributed by atoms with Crippen LogP contribution in [0, 0.1) is 0 Å². The molecule has 7 nitrogen and oxygen atoms in total. The number of anilines is 1. The summed E-state index contributed by atoms with van der Waals surface area (Å²) in [7, 11) is 1.60. The van der Waals surface area contributed by atoms with Crippen LogP contribution in [0.1, 0.15) is 61.1 Å². The highest BCUT2D eigenvalue weighted by atomic mass is 16.5. The van der Waals surface area contributed by atoms with Crippen LogP contribution in [0.4, 0.5) is 5.69 Å². The lowest BCUT2D eigenvalue weighted by Crippen LogP contribution is -2.14. The van der Waals surface area contributed by atoms with Gasteiger partial charge in [-0.2, -0.15) is 0 Å². The minimum absolute atomic E-state index is 0.196. The Bertz CT molecular complexity index is 1130. The maximum atomic E-state index is 13.0. The number of benzene rings is 2. The Kier molecular flexibility index (Phi) is 6.28. The number of ether oxygens (including phenoxy) is 2. The molecule has 2 aromatic carbocycles. The van der Waals surface area contributed by atoms with Crippen LogP contribution >= 0.6 is 0 Å². The number of aryl methyl sites for hydroxylation is 1. The first-order valence-corrected chi connectivity index (χ1v) is 11.9. The number of carbonyl (C=O) groups excluding carboxylic acids is 1. The molecule has 1 fully saturated rings. The normalized spacial score (nSPS) is 16.2. The number of hydrogen-bond donors (Lipinski definition) is 1. The first-order valence-electron chi connectivity index (χ1n) is 11.9. The van der Waals surface area contributed by atoms with Gasteiger partial charge in [-0.25, -0.2) is 0 Å². The third-order valence-electron chi connectivity index (χ3n) is 6.51. The van der Waals surface area contributed by atoms with Crippen molar-refractivity contribution < 1.29 is 14.3 Å². The first-order chi connectivity index (χ1) is 16.2. The average Bonchev–Trinajstić information content (AvgIpc) is 3.44. The maximum absolute atomic E-state index is 13.0. The number of aromatic nitrogens is 3. The molecule has 0 radical (unpaired) electrons. The van der Waals surface area contributed by atoms with Gasteiger partial charge in [0.15, 0.2) is 17.3 Å². The highest BCUT2D eigenvalue weighted by Crippen LogP contribution is 2.33. The fourth-order valence-electron chi connectivity index (χ4n) is 4.73. The highest BCUT2D eigenvalue weighted by molar-refractivity contribution is 6.04. The Morgan fingerprint density at radius 3 is 2.73 bits per heavy atom. The van der Waals surface area contributed by atoms with Gasteiger partial charge in [-0.1, -0.05) is 18.6 Å². The molecule has 1 saturated carbocycles. The monoisotopic (exact) mass is 446 g/mol. The van der Waals surface area contributed by atoms with E-state index in [0.717, 1.165) is 55.9 Å². The molecule has 33 heavy (non-hydrogen) atoms. The lowest BCUT2D eigenvalue weighted by molar-refractivity contribution is 0.102. The number of amides is 1. The van der Waals surface area contributed by atoms with Crippen molar-refractivity contribution in [2.75, 3.05) is 12.4 Å². The molecule has 0 saturated heterocycles. The maximum Gasteiger partial charge on any atom is 0.255 e. The second-order valence-corrected chi connectivity index (χ2v) is 8.83. The fourth-order valence-corrected chi connectivity index (χ4v) is 4.73. The topological polar surface area (TPSA) is 78.3 Å². The molecule has 5 rings (SSSR count). The van der Waals surface area contributed by atoms with E-state index in [1.165, 1.54) is 19.3 Å². The van der Waals surface area contributed by atoms with E-state index in [1.54, 1.807) is 19.2 Å². The van der Waals surface area contributed by atoms with Gasteiger partial charge in [-0.05, 0) is 68.9 Å². The van der Waals surface area contributed by atoms with Crippen LogP contribution in [0.15, 0.2) is 42.5 Å².